The number of aromatic hydroxyl groups is 3. The summed E-state index contributed by atoms with van der Waals surface area (Å²) < 4.78 is 23.0. The average Bonchev–Trinajstić information content (AvgIpc) is 2.85. The highest BCUT2D eigenvalue weighted by Gasteiger charge is 2.40. The Bertz CT molecular complexity index is 1300. The predicted molar refractivity (Wildman–Crippen MR) is 119 cm³/mol. The maximum absolute atomic E-state index is 12.7. The molecule has 10 heteroatoms. The fraction of sp³-hybridized carbons (Fsp3) is 0.240. The van der Waals surface area contributed by atoms with Crippen molar-refractivity contribution >= 4 is 5.78 Å². The molecule has 0 radical (unpaired) electrons. The molecule has 0 unspecified atom stereocenters. The molecular formula is C25H22O10. The van der Waals surface area contributed by atoms with Gasteiger partial charge in [0, 0.05) is 17.7 Å². The van der Waals surface area contributed by atoms with Gasteiger partial charge in [-0.1, -0.05) is 12.1 Å². The van der Waals surface area contributed by atoms with Crippen LogP contribution in [0.4, 0.5) is 0 Å². The van der Waals surface area contributed by atoms with E-state index in [0.29, 0.717) is 16.9 Å². The topological polar surface area (TPSA) is 155 Å². The largest absolute Gasteiger partial charge is 0.508 e. The molecule has 0 saturated carbocycles. The minimum atomic E-state index is -1.62. The lowest BCUT2D eigenvalue weighted by Gasteiger charge is -2.35. The smallest absolute Gasteiger partial charge is 0.202 e. The number of benzene rings is 3. The SMILES string of the molecule is COc1cc([C@H]2Oc3cc([C@@H]4Oc5cc(O)cc(O)c5C(=O)[C@H]4O)ccc3O[C@@H]2CO)ccc1O. The number of methoxy groups -OCH3 is 1. The number of Topliss-reactive ketones (excluding diaryl/α,β-unsaturated/α-hetero) is 1. The van der Waals surface area contributed by atoms with Crippen molar-refractivity contribution in [2.45, 2.75) is 24.4 Å². The zero-order valence-electron chi connectivity index (χ0n) is 18.4. The van der Waals surface area contributed by atoms with Crippen LogP contribution in [-0.2, 0) is 0 Å². The van der Waals surface area contributed by atoms with Crippen molar-refractivity contribution < 1.29 is 49.3 Å². The molecule has 0 amide bonds. The molecule has 0 aliphatic carbocycles. The molecule has 0 bridgehead atoms. The third kappa shape index (κ3) is 3.82. The van der Waals surface area contributed by atoms with Gasteiger partial charge in [0.25, 0.3) is 0 Å². The lowest BCUT2D eigenvalue weighted by Crippen LogP contribution is -2.37. The standard InChI is InChI=1S/C25H22O10/c1-32-17-6-11(2-4-14(17)28)24-20(10-26)33-16-5-3-12(7-18(16)34-24)25-23(31)22(30)21-15(29)8-13(27)9-19(21)35-25/h2-9,20,23-29,31H,10H2,1H3/t20-,23-,24-,25+/m1/s1. The Hall–Kier alpha value is -4.15. The molecule has 4 atom stereocenters. The molecular weight excluding hydrogens is 460 g/mol. The van der Waals surface area contributed by atoms with Crippen LogP contribution in [0.3, 0.4) is 0 Å². The number of rotatable bonds is 4. The summed E-state index contributed by atoms with van der Waals surface area (Å²) in [5, 5.41) is 50.2. The van der Waals surface area contributed by atoms with Crippen molar-refractivity contribution in [1.82, 2.24) is 0 Å². The summed E-state index contributed by atoms with van der Waals surface area (Å²) in [5.74, 6) is -0.823. The van der Waals surface area contributed by atoms with Gasteiger partial charge in [-0.2, -0.15) is 0 Å². The fourth-order valence-corrected chi connectivity index (χ4v) is 4.28. The number of hydrogen-bond donors (Lipinski definition) is 5. The lowest BCUT2D eigenvalue weighted by molar-refractivity contribution is -0.0130. The normalized spacial score (nSPS) is 22.8. The van der Waals surface area contributed by atoms with E-state index in [0.717, 1.165) is 6.07 Å². The highest BCUT2D eigenvalue weighted by Crippen LogP contribution is 2.45. The van der Waals surface area contributed by atoms with E-state index in [1.165, 1.54) is 19.2 Å². The fourth-order valence-electron chi connectivity index (χ4n) is 4.28. The van der Waals surface area contributed by atoms with E-state index in [1.807, 2.05) is 0 Å². The molecule has 5 rings (SSSR count). The zero-order valence-corrected chi connectivity index (χ0v) is 18.4. The van der Waals surface area contributed by atoms with Gasteiger partial charge in [-0.15, -0.1) is 0 Å². The highest BCUT2D eigenvalue weighted by atomic mass is 16.6. The highest BCUT2D eigenvalue weighted by molar-refractivity contribution is 6.05. The number of carbonyl (C=O) groups excluding carboxylic acids is 1. The number of ether oxygens (including phenoxy) is 4. The van der Waals surface area contributed by atoms with Gasteiger partial charge in [0.15, 0.2) is 47.4 Å². The van der Waals surface area contributed by atoms with Crippen molar-refractivity contribution in [1.29, 1.82) is 0 Å². The Balaban J connectivity index is 1.49. The molecule has 5 N–H and O–H groups in total. The summed E-state index contributed by atoms with van der Waals surface area (Å²) in [7, 11) is 1.41. The molecule has 0 saturated heterocycles. The van der Waals surface area contributed by atoms with Crippen LogP contribution in [0.2, 0.25) is 0 Å². The van der Waals surface area contributed by atoms with Crippen LogP contribution >= 0.6 is 0 Å². The van der Waals surface area contributed by atoms with E-state index in [2.05, 4.69) is 0 Å². The van der Waals surface area contributed by atoms with E-state index in [-0.39, 0.29) is 40.9 Å². The summed E-state index contributed by atoms with van der Waals surface area (Å²) in [5.41, 5.74) is 0.751. The summed E-state index contributed by atoms with van der Waals surface area (Å²) in [6.07, 6.45) is -4.28. The number of fused-ring (bicyclic) bond motifs is 2. The Morgan fingerprint density at radius 1 is 0.829 bits per heavy atom. The van der Waals surface area contributed by atoms with Gasteiger partial charge in [-0.3, -0.25) is 4.79 Å². The summed E-state index contributed by atoms with van der Waals surface area (Å²) in [6.45, 7) is -0.349. The predicted octanol–water partition coefficient (Wildman–Crippen LogP) is 2.36. The second-order valence-corrected chi connectivity index (χ2v) is 8.20. The van der Waals surface area contributed by atoms with Crippen molar-refractivity contribution in [3.63, 3.8) is 0 Å². The monoisotopic (exact) mass is 482 g/mol. The third-order valence-electron chi connectivity index (χ3n) is 6.00. The molecule has 3 aromatic carbocycles. The molecule has 10 nitrogen and oxygen atoms in total. The number of aliphatic hydroxyl groups excluding tert-OH is 2. The number of carbonyl (C=O) groups is 1. The quantitative estimate of drug-likeness (QED) is 0.374. The number of phenolic OH excluding ortho intramolecular Hbond substituents is 3. The first-order valence-corrected chi connectivity index (χ1v) is 10.7. The minimum Gasteiger partial charge on any atom is -0.508 e. The Morgan fingerprint density at radius 3 is 2.29 bits per heavy atom. The first-order valence-electron chi connectivity index (χ1n) is 10.7. The Labute approximate surface area is 199 Å². The Morgan fingerprint density at radius 2 is 1.54 bits per heavy atom. The van der Waals surface area contributed by atoms with Crippen LogP contribution in [0.25, 0.3) is 0 Å². The summed E-state index contributed by atoms with van der Waals surface area (Å²) in [6, 6.07) is 11.5. The van der Waals surface area contributed by atoms with Crippen molar-refractivity contribution in [3.05, 3.63) is 65.2 Å². The van der Waals surface area contributed by atoms with Crippen LogP contribution < -0.4 is 18.9 Å². The van der Waals surface area contributed by atoms with Gasteiger partial charge >= 0.3 is 0 Å². The average molecular weight is 482 g/mol. The second kappa shape index (κ2) is 8.57. The molecule has 0 aromatic heterocycles. The first kappa shape index (κ1) is 22.6. The number of hydrogen-bond acceptors (Lipinski definition) is 10. The van der Waals surface area contributed by atoms with E-state index >= 15 is 0 Å². The molecule has 0 fully saturated rings. The molecule has 3 aromatic rings. The molecule has 2 heterocycles. The van der Waals surface area contributed by atoms with Crippen LogP contribution in [0.1, 0.15) is 33.7 Å². The summed E-state index contributed by atoms with van der Waals surface area (Å²) in [4.78, 5) is 12.7. The number of aliphatic hydroxyl groups is 2. The number of phenols is 3. The summed E-state index contributed by atoms with van der Waals surface area (Å²) >= 11 is 0. The van der Waals surface area contributed by atoms with E-state index in [4.69, 9.17) is 18.9 Å². The van der Waals surface area contributed by atoms with Gasteiger partial charge in [-0.05, 0) is 29.8 Å². The van der Waals surface area contributed by atoms with Crippen molar-refractivity contribution in [2.24, 2.45) is 0 Å². The number of ketones is 1. The van der Waals surface area contributed by atoms with Gasteiger partial charge in [0.1, 0.15) is 22.8 Å². The first-order chi connectivity index (χ1) is 16.8. The van der Waals surface area contributed by atoms with Crippen molar-refractivity contribution in [3.8, 4) is 40.2 Å². The molecule has 182 valence electrons. The second-order valence-electron chi connectivity index (χ2n) is 8.20. The van der Waals surface area contributed by atoms with Crippen LogP contribution in [0.15, 0.2) is 48.5 Å². The van der Waals surface area contributed by atoms with Gasteiger partial charge in [0.05, 0.1) is 13.7 Å². The van der Waals surface area contributed by atoms with Crippen LogP contribution in [0, 0.1) is 0 Å². The van der Waals surface area contributed by atoms with Crippen LogP contribution in [0.5, 0.6) is 40.2 Å². The van der Waals surface area contributed by atoms with Crippen LogP contribution in [-0.4, -0.2) is 57.2 Å². The van der Waals surface area contributed by atoms with Gasteiger partial charge < -0.3 is 44.5 Å². The molecule has 35 heavy (non-hydrogen) atoms. The third-order valence-corrected chi connectivity index (χ3v) is 6.00. The lowest BCUT2D eigenvalue weighted by atomic mass is 9.92. The molecule has 0 spiro atoms. The molecule has 2 aliphatic rings. The molecule has 2 aliphatic heterocycles. The van der Waals surface area contributed by atoms with Gasteiger partial charge in [-0.25, -0.2) is 0 Å². The van der Waals surface area contributed by atoms with E-state index < -0.39 is 35.9 Å². The van der Waals surface area contributed by atoms with E-state index in [1.54, 1.807) is 30.3 Å². The maximum atomic E-state index is 12.7. The van der Waals surface area contributed by atoms with Gasteiger partial charge in [0.2, 0.25) is 5.78 Å². The zero-order chi connectivity index (χ0) is 24.9. The Kier molecular flexibility index (Phi) is 5.54. The minimum absolute atomic E-state index is 0.0540. The van der Waals surface area contributed by atoms with Crippen molar-refractivity contribution in [2.75, 3.05) is 13.7 Å². The maximum Gasteiger partial charge on any atom is 0.202 e. The van der Waals surface area contributed by atoms with E-state index in [9.17, 15) is 30.3 Å².